The molecule has 0 aliphatic carbocycles. The molecule has 1 atom stereocenters. The summed E-state index contributed by atoms with van der Waals surface area (Å²) in [5.41, 5.74) is 8.50. The van der Waals surface area contributed by atoms with Crippen molar-refractivity contribution < 1.29 is 14.3 Å². The van der Waals surface area contributed by atoms with Gasteiger partial charge in [0, 0.05) is 31.8 Å². The molecule has 3 aromatic rings. The highest BCUT2D eigenvalue weighted by Gasteiger charge is 2.19. The van der Waals surface area contributed by atoms with Gasteiger partial charge in [0.2, 0.25) is 5.88 Å². The van der Waals surface area contributed by atoms with Gasteiger partial charge in [-0.2, -0.15) is 0 Å². The number of nitrogens with two attached hydrogens (primary N) is 1. The number of carbonyl (C=O) groups is 1. The van der Waals surface area contributed by atoms with Gasteiger partial charge in [-0.25, -0.2) is 15.0 Å². The summed E-state index contributed by atoms with van der Waals surface area (Å²) >= 11 is 0. The Kier molecular flexibility index (Phi) is 6.09. The van der Waals surface area contributed by atoms with Crippen LogP contribution in [-0.4, -0.2) is 45.0 Å². The number of nitrogens with zero attached hydrogens (tertiary/aromatic N) is 4. The Balaban J connectivity index is 1.32. The number of hydrogen-bond acceptors (Lipinski definition) is 9. The van der Waals surface area contributed by atoms with Gasteiger partial charge in [0.1, 0.15) is 18.1 Å². The number of hydrogen-bond donors (Lipinski definition) is 2. The van der Waals surface area contributed by atoms with E-state index in [-0.39, 0.29) is 18.3 Å². The summed E-state index contributed by atoms with van der Waals surface area (Å²) in [5.74, 6) is 0.682. The number of Topliss-reactive ketones (excluding diaryl/α,β-unsaturated/α-hetero) is 1. The lowest BCUT2D eigenvalue weighted by molar-refractivity contribution is -0.0727. The predicted octanol–water partition coefficient (Wildman–Crippen LogP) is 2.05. The number of aromatic nitrogens is 4. The minimum absolute atomic E-state index is 0.123. The van der Waals surface area contributed by atoms with E-state index in [0.29, 0.717) is 30.5 Å². The molecule has 30 heavy (non-hydrogen) atoms. The summed E-state index contributed by atoms with van der Waals surface area (Å²) in [6.07, 6.45) is 7.53. The minimum atomic E-state index is -0.127. The van der Waals surface area contributed by atoms with Crippen LogP contribution in [0.4, 0.5) is 11.5 Å². The van der Waals surface area contributed by atoms with Crippen LogP contribution in [0.25, 0.3) is 0 Å². The molecule has 9 heteroatoms. The van der Waals surface area contributed by atoms with Crippen molar-refractivity contribution in [3.05, 3.63) is 66.0 Å². The molecular formula is C21H22N6O3. The van der Waals surface area contributed by atoms with Crippen molar-refractivity contribution >= 4 is 17.3 Å². The Morgan fingerprint density at radius 3 is 2.83 bits per heavy atom. The molecule has 0 amide bonds. The third-order valence-electron chi connectivity index (χ3n) is 4.67. The molecule has 154 valence electrons. The van der Waals surface area contributed by atoms with Gasteiger partial charge in [-0.3, -0.25) is 9.78 Å². The first-order valence-electron chi connectivity index (χ1n) is 9.65. The Hall–Kier alpha value is -3.59. The quantitative estimate of drug-likeness (QED) is 0.514. The lowest BCUT2D eigenvalue weighted by Gasteiger charge is -2.25. The number of ether oxygens (including phenoxy) is 2. The predicted molar refractivity (Wildman–Crippen MR) is 110 cm³/mol. The van der Waals surface area contributed by atoms with Crippen LogP contribution in [0, 0.1) is 0 Å². The van der Waals surface area contributed by atoms with Gasteiger partial charge in [-0.15, -0.1) is 0 Å². The van der Waals surface area contributed by atoms with Crippen LogP contribution in [0.2, 0.25) is 0 Å². The normalized spacial score (nSPS) is 15.3. The zero-order valence-electron chi connectivity index (χ0n) is 16.3. The summed E-state index contributed by atoms with van der Waals surface area (Å²) in [6, 6.07) is 7.34. The van der Waals surface area contributed by atoms with Gasteiger partial charge in [-0.1, -0.05) is 0 Å². The van der Waals surface area contributed by atoms with E-state index < -0.39 is 0 Å². The van der Waals surface area contributed by atoms with Crippen molar-refractivity contribution in [1.29, 1.82) is 0 Å². The molecule has 0 aromatic carbocycles. The molecule has 1 fully saturated rings. The zero-order chi connectivity index (χ0) is 20.8. The number of nitrogens with one attached hydrogen (secondary N) is 1. The average molecular weight is 406 g/mol. The molecule has 1 unspecified atom stereocenters. The number of rotatable bonds is 9. The van der Waals surface area contributed by atoms with Crippen molar-refractivity contribution in [3.63, 3.8) is 0 Å². The standard InChI is InChI=1S/C21H22N6O3/c22-21-17(2-1-5-24-21)25-10-15-8-14(3-6-23-15)9-19(28)18-11-27-20(12-26-18)30-13-16-4-7-29-16/h1-3,5-6,8,11-12,16,25H,4,7,9-10,13H2,(H2,22,24). The van der Waals surface area contributed by atoms with E-state index in [4.69, 9.17) is 15.2 Å². The fourth-order valence-electron chi connectivity index (χ4n) is 2.89. The Morgan fingerprint density at radius 1 is 1.20 bits per heavy atom. The van der Waals surface area contributed by atoms with Crippen LogP contribution in [0.5, 0.6) is 5.88 Å². The maximum absolute atomic E-state index is 12.6. The highest BCUT2D eigenvalue weighted by molar-refractivity contribution is 5.95. The molecule has 3 N–H and O–H groups in total. The van der Waals surface area contributed by atoms with Crippen LogP contribution in [-0.2, 0) is 17.7 Å². The third kappa shape index (κ3) is 5.06. The second kappa shape index (κ2) is 9.27. The number of pyridine rings is 2. The molecule has 4 rings (SSSR count). The van der Waals surface area contributed by atoms with E-state index in [1.165, 1.54) is 12.4 Å². The molecule has 1 saturated heterocycles. The topological polar surface area (TPSA) is 125 Å². The monoisotopic (exact) mass is 406 g/mol. The van der Waals surface area contributed by atoms with Crippen molar-refractivity contribution in [2.45, 2.75) is 25.5 Å². The summed E-state index contributed by atoms with van der Waals surface area (Å²) in [6.45, 7) is 1.69. The number of nitrogen functional groups attached to an aromatic ring is 1. The molecule has 1 aliphatic heterocycles. The van der Waals surface area contributed by atoms with Gasteiger partial charge >= 0.3 is 0 Å². The van der Waals surface area contributed by atoms with E-state index in [0.717, 1.165) is 30.0 Å². The number of anilines is 2. The lowest BCUT2D eigenvalue weighted by atomic mass is 10.1. The first-order chi connectivity index (χ1) is 14.7. The number of ketones is 1. The molecule has 1 aliphatic rings. The first-order valence-corrected chi connectivity index (χ1v) is 9.65. The third-order valence-corrected chi connectivity index (χ3v) is 4.67. The minimum Gasteiger partial charge on any atom is -0.474 e. The van der Waals surface area contributed by atoms with Crippen molar-refractivity contribution in [2.24, 2.45) is 0 Å². The van der Waals surface area contributed by atoms with Gasteiger partial charge < -0.3 is 20.5 Å². The van der Waals surface area contributed by atoms with Gasteiger partial charge in [0.05, 0.1) is 36.4 Å². The molecule has 3 aromatic heterocycles. The molecular weight excluding hydrogens is 384 g/mol. The first kappa shape index (κ1) is 19.7. The van der Waals surface area contributed by atoms with E-state index in [2.05, 4.69) is 25.3 Å². The second-order valence-electron chi connectivity index (χ2n) is 6.88. The lowest BCUT2D eigenvalue weighted by Crippen LogP contribution is -2.32. The molecule has 0 radical (unpaired) electrons. The molecule has 0 saturated carbocycles. The zero-order valence-corrected chi connectivity index (χ0v) is 16.3. The Morgan fingerprint density at radius 2 is 2.10 bits per heavy atom. The summed E-state index contributed by atoms with van der Waals surface area (Å²) in [7, 11) is 0. The van der Waals surface area contributed by atoms with Gasteiger partial charge in [-0.05, 0) is 29.8 Å². The Bertz CT molecular complexity index is 1010. The molecule has 0 bridgehead atoms. The average Bonchev–Trinajstić information content (AvgIpc) is 2.73. The van der Waals surface area contributed by atoms with Crippen molar-refractivity contribution in [3.8, 4) is 5.88 Å². The van der Waals surface area contributed by atoms with E-state index >= 15 is 0 Å². The van der Waals surface area contributed by atoms with Gasteiger partial charge in [0.15, 0.2) is 5.78 Å². The second-order valence-corrected chi connectivity index (χ2v) is 6.88. The SMILES string of the molecule is Nc1ncccc1NCc1cc(CC(=O)c2cnc(OCC3CCO3)cn2)ccn1. The summed E-state index contributed by atoms with van der Waals surface area (Å²) in [5, 5.41) is 3.20. The van der Waals surface area contributed by atoms with Crippen LogP contribution < -0.4 is 15.8 Å². The molecule has 9 nitrogen and oxygen atoms in total. The van der Waals surface area contributed by atoms with Crippen LogP contribution in [0.15, 0.2) is 49.1 Å². The molecule has 4 heterocycles. The summed E-state index contributed by atoms with van der Waals surface area (Å²) in [4.78, 5) is 29.3. The van der Waals surface area contributed by atoms with Crippen LogP contribution in [0.1, 0.15) is 28.2 Å². The van der Waals surface area contributed by atoms with E-state index in [9.17, 15) is 4.79 Å². The fraction of sp³-hybridized carbons (Fsp3) is 0.286. The summed E-state index contributed by atoms with van der Waals surface area (Å²) < 4.78 is 10.8. The number of carbonyl (C=O) groups excluding carboxylic acids is 1. The van der Waals surface area contributed by atoms with Crippen LogP contribution in [0.3, 0.4) is 0 Å². The largest absolute Gasteiger partial charge is 0.474 e. The fourth-order valence-corrected chi connectivity index (χ4v) is 2.89. The van der Waals surface area contributed by atoms with E-state index in [1.54, 1.807) is 18.5 Å². The molecule has 0 spiro atoms. The Labute approximate surface area is 173 Å². The van der Waals surface area contributed by atoms with Gasteiger partial charge in [0.25, 0.3) is 0 Å². The highest BCUT2D eigenvalue weighted by Crippen LogP contribution is 2.16. The highest BCUT2D eigenvalue weighted by atomic mass is 16.5. The van der Waals surface area contributed by atoms with Crippen molar-refractivity contribution in [1.82, 2.24) is 19.9 Å². The van der Waals surface area contributed by atoms with E-state index in [1.807, 2.05) is 18.2 Å². The smallest absolute Gasteiger partial charge is 0.232 e. The van der Waals surface area contributed by atoms with Crippen molar-refractivity contribution in [2.75, 3.05) is 24.3 Å². The maximum atomic E-state index is 12.6. The maximum Gasteiger partial charge on any atom is 0.232 e. The van der Waals surface area contributed by atoms with Crippen LogP contribution >= 0.6 is 0 Å².